The molecule has 0 unspecified atom stereocenters. The fraction of sp³-hybridized carbons (Fsp3) is 0.933. The fourth-order valence-electron chi connectivity index (χ4n) is 3.85. The number of rotatable bonds is 1. The van der Waals surface area contributed by atoms with Crippen molar-refractivity contribution in [1.82, 2.24) is 14.7 Å². The average molecular weight is 281 g/mol. The highest BCUT2D eigenvalue weighted by Crippen LogP contribution is 2.33. The Hall–Kier alpha value is -0.810. The van der Waals surface area contributed by atoms with Crippen molar-refractivity contribution in [3.8, 4) is 0 Å². The van der Waals surface area contributed by atoms with E-state index < -0.39 is 5.60 Å². The molecular weight excluding hydrogens is 254 g/mol. The number of piperazine rings is 1. The Morgan fingerprint density at radius 1 is 1.10 bits per heavy atom. The van der Waals surface area contributed by atoms with Crippen molar-refractivity contribution in [2.24, 2.45) is 0 Å². The molecule has 3 aliphatic rings. The smallest absolute Gasteiger partial charge is 0.410 e. The summed E-state index contributed by atoms with van der Waals surface area (Å²) >= 11 is 0. The summed E-state index contributed by atoms with van der Waals surface area (Å²) in [6.45, 7) is 9.81. The second kappa shape index (κ2) is 4.88. The Balaban J connectivity index is 1.54. The van der Waals surface area contributed by atoms with E-state index in [1.165, 1.54) is 19.5 Å². The Morgan fingerprint density at radius 3 is 2.40 bits per heavy atom. The number of hydrogen-bond acceptors (Lipinski definition) is 4. The third kappa shape index (κ3) is 2.66. The Kier molecular flexibility index (Phi) is 3.45. The molecule has 0 N–H and O–H groups in total. The molecule has 3 atom stereocenters. The number of hydrogen-bond donors (Lipinski definition) is 0. The number of ether oxygens (including phenoxy) is 1. The first kappa shape index (κ1) is 14.1. The highest BCUT2D eigenvalue weighted by Gasteiger charge is 2.46. The van der Waals surface area contributed by atoms with Gasteiger partial charge in [-0.3, -0.25) is 4.90 Å². The van der Waals surface area contributed by atoms with E-state index in [2.05, 4.69) is 16.8 Å². The van der Waals surface area contributed by atoms with Gasteiger partial charge in [0.1, 0.15) is 5.60 Å². The molecule has 20 heavy (non-hydrogen) atoms. The third-order valence-electron chi connectivity index (χ3n) is 4.84. The van der Waals surface area contributed by atoms with E-state index in [0.717, 1.165) is 25.6 Å². The van der Waals surface area contributed by atoms with Gasteiger partial charge in [-0.25, -0.2) is 4.79 Å². The Labute approximate surface area is 121 Å². The number of likely N-dealkylation sites (tertiary alicyclic amines) is 3. The summed E-state index contributed by atoms with van der Waals surface area (Å²) in [5, 5.41) is 0. The van der Waals surface area contributed by atoms with Crippen molar-refractivity contribution < 1.29 is 9.53 Å². The van der Waals surface area contributed by atoms with Crippen LogP contribution in [0.4, 0.5) is 4.79 Å². The number of amides is 1. The van der Waals surface area contributed by atoms with Crippen LogP contribution in [0.15, 0.2) is 0 Å². The molecule has 5 heteroatoms. The van der Waals surface area contributed by atoms with E-state index >= 15 is 0 Å². The third-order valence-corrected chi connectivity index (χ3v) is 4.84. The summed E-state index contributed by atoms with van der Waals surface area (Å²) in [5.74, 6) is 0. The van der Waals surface area contributed by atoms with Gasteiger partial charge >= 0.3 is 6.09 Å². The maximum absolute atomic E-state index is 12.1. The molecule has 0 aromatic rings. The SMILES string of the molecule is CN1C[C@H]2C[C@@H]1CN2[C@@H]1CCN(C(=O)OC(C)(C)C)C1. The lowest BCUT2D eigenvalue weighted by Gasteiger charge is -2.36. The Morgan fingerprint density at radius 2 is 1.85 bits per heavy atom. The van der Waals surface area contributed by atoms with Crippen LogP contribution >= 0.6 is 0 Å². The molecule has 0 radical (unpaired) electrons. The van der Waals surface area contributed by atoms with Crippen molar-refractivity contribution in [3.05, 3.63) is 0 Å². The van der Waals surface area contributed by atoms with Crippen LogP contribution in [-0.2, 0) is 4.74 Å². The molecular formula is C15H27N3O2. The lowest BCUT2D eigenvalue weighted by atomic mass is 10.2. The summed E-state index contributed by atoms with van der Waals surface area (Å²) in [4.78, 5) is 19.1. The monoisotopic (exact) mass is 281 g/mol. The van der Waals surface area contributed by atoms with Crippen molar-refractivity contribution in [1.29, 1.82) is 0 Å². The van der Waals surface area contributed by atoms with E-state index in [0.29, 0.717) is 12.1 Å². The maximum Gasteiger partial charge on any atom is 0.410 e. The second-order valence-corrected chi connectivity index (χ2v) is 7.55. The van der Waals surface area contributed by atoms with Crippen LogP contribution in [0.3, 0.4) is 0 Å². The quantitative estimate of drug-likeness (QED) is 0.727. The summed E-state index contributed by atoms with van der Waals surface area (Å²) < 4.78 is 5.47. The van der Waals surface area contributed by atoms with Crippen LogP contribution < -0.4 is 0 Å². The lowest BCUT2D eigenvalue weighted by molar-refractivity contribution is 0.0270. The summed E-state index contributed by atoms with van der Waals surface area (Å²) in [7, 11) is 2.23. The minimum atomic E-state index is -0.398. The van der Waals surface area contributed by atoms with E-state index in [-0.39, 0.29) is 6.09 Å². The molecule has 114 valence electrons. The molecule has 0 aromatic heterocycles. The van der Waals surface area contributed by atoms with E-state index in [4.69, 9.17) is 4.74 Å². The largest absolute Gasteiger partial charge is 0.444 e. The lowest BCUT2D eigenvalue weighted by Crippen LogP contribution is -2.50. The fourth-order valence-corrected chi connectivity index (χ4v) is 3.85. The van der Waals surface area contributed by atoms with Crippen molar-refractivity contribution in [2.45, 2.75) is 57.3 Å². The maximum atomic E-state index is 12.1. The van der Waals surface area contributed by atoms with Gasteiger partial charge in [0.25, 0.3) is 0 Å². The van der Waals surface area contributed by atoms with Gasteiger partial charge in [0.15, 0.2) is 0 Å². The first-order valence-corrected chi connectivity index (χ1v) is 7.77. The molecule has 1 amide bonds. The molecule has 3 fully saturated rings. The van der Waals surface area contributed by atoms with Gasteiger partial charge in [-0.1, -0.05) is 0 Å². The number of likely N-dealkylation sites (N-methyl/N-ethyl adjacent to an activating group) is 1. The molecule has 3 rings (SSSR count). The zero-order valence-corrected chi connectivity index (χ0v) is 13.1. The second-order valence-electron chi connectivity index (χ2n) is 7.55. The van der Waals surface area contributed by atoms with Gasteiger partial charge in [0.2, 0.25) is 0 Å². The van der Waals surface area contributed by atoms with Crippen LogP contribution in [0.25, 0.3) is 0 Å². The van der Waals surface area contributed by atoms with Crippen molar-refractivity contribution >= 4 is 6.09 Å². The molecule has 3 saturated heterocycles. The summed E-state index contributed by atoms with van der Waals surface area (Å²) in [6.07, 6.45) is 2.24. The van der Waals surface area contributed by atoms with E-state index in [9.17, 15) is 4.79 Å². The number of nitrogens with zero attached hydrogens (tertiary/aromatic N) is 3. The summed E-state index contributed by atoms with van der Waals surface area (Å²) in [6, 6.07) is 1.97. The van der Waals surface area contributed by atoms with Crippen LogP contribution in [0.2, 0.25) is 0 Å². The zero-order chi connectivity index (χ0) is 14.5. The van der Waals surface area contributed by atoms with E-state index in [1.54, 1.807) is 0 Å². The molecule has 3 heterocycles. The van der Waals surface area contributed by atoms with E-state index in [1.807, 2.05) is 25.7 Å². The van der Waals surface area contributed by atoms with Gasteiger partial charge < -0.3 is 14.5 Å². The Bertz CT molecular complexity index is 391. The molecule has 2 bridgehead atoms. The number of carbonyl (C=O) groups excluding carboxylic acids is 1. The van der Waals surface area contributed by atoms with Crippen LogP contribution in [0, 0.1) is 0 Å². The van der Waals surface area contributed by atoms with Crippen LogP contribution in [0.1, 0.15) is 33.6 Å². The van der Waals surface area contributed by atoms with Gasteiger partial charge in [0.05, 0.1) is 0 Å². The van der Waals surface area contributed by atoms with Crippen molar-refractivity contribution in [3.63, 3.8) is 0 Å². The number of fused-ring (bicyclic) bond motifs is 2. The van der Waals surface area contributed by atoms with Crippen LogP contribution in [-0.4, -0.2) is 77.7 Å². The summed E-state index contributed by atoms with van der Waals surface area (Å²) in [5.41, 5.74) is -0.398. The normalized spacial score (nSPS) is 35.0. The predicted molar refractivity (Wildman–Crippen MR) is 77.7 cm³/mol. The first-order chi connectivity index (χ1) is 9.33. The van der Waals surface area contributed by atoms with Gasteiger partial charge in [-0.15, -0.1) is 0 Å². The van der Waals surface area contributed by atoms with Gasteiger partial charge in [0, 0.05) is 44.3 Å². The predicted octanol–water partition coefficient (Wildman–Crippen LogP) is 1.38. The minimum Gasteiger partial charge on any atom is -0.444 e. The minimum absolute atomic E-state index is 0.151. The zero-order valence-electron chi connectivity index (χ0n) is 13.1. The molecule has 0 aromatic carbocycles. The molecule has 3 aliphatic heterocycles. The first-order valence-electron chi connectivity index (χ1n) is 7.77. The van der Waals surface area contributed by atoms with Gasteiger partial charge in [-0.2, -0.15) is 0 Å². The van der Waals surface area contributed by atoms with Gasteiger partial charge in [-0.05, 0) is 40.7 Å². The highest BCUT2D eigenvalue weighted by molar-refractivity contribution is 5.68. The highest BCUT2D eigenvalue weighted by atomic mass is 16.6. The number of carbonyl (C=O) groups is 1. The topological polar surface area (TPSA) is 36.0 Å². The average Bonchev–Trinajstić information content (AvgIpc) is 2.98. The molecule has 5 nitrogen and oxygen atoms in total. The standard InChI is InChI=1S/C15H27N3O2/c1-15(2,3)20-14(19)17-6-5-11(9-17)18-10-12-7-13(18)8-16(12)4/h11-13H,5-10H2,1-4H3/t11-,12-,13-/m1/s1. The van der Waals surface area contributed by atoms with Crippen LogP contribution in [0.5, 0.6) is 0 Å². The van der Waals surface area contributed by atoms with Crippen molar-refractivity contribution in [2.75, 3.05) is 33.2 Å². The molecule has 0 saturated carbocycles. The molecule has 0 aliphatic carbocycles. The molecule has 0 spiro atoms.